The summed E-state index contributed by atoms with van der Waals surface area (Å²) < 4.78 is 0. The summed E-state index contributed by atoms with van der Waals surface area (Å²) in [4.78, 5) is 31.9. The molecule has 0 bridgehead atoms. The van der Waals surface area contributed by atoms with Gasteiger partial charge in [-0.3, -0.25) is 14.6 Å². The van der Waals surface area contributed by atoms with E-state index in [1.54, 1.807) is 29.1 Å². The Morgan fingerprint density at radius 1 is 0.963 bits per heavy atom. The Labute approximate surface area is 160 Å². The van der Waals surface area contributed by atoms with Gasteiger partial charge in [-0.25, -0.2) is 0 Å². The van der Waals surface area contributed by atoms with Crippen LogP contribution in [0.3, 0.4) is 0 Å². The van der Waals surface area contributed by atoms with E-state index in [0.29, 0.717) is 37.7 Å². The molecule has 0 atom stereocenters. The zero-order chi connectivity index (χ0) is 19.4. The minimum Gasteiger partial charge on any atom is -0.354 e. The maximum absolute atomic E-state index is 12.8. The van der Waals surface area contributed by atoms with Gasteiger partial charge in [0.05, 0.1) is 17.4 Å². The highest BCUT2D eigenvalue weighted by molar-refractivity contribution is 5.95. The molecule has 3 rings (SSSR count). The second-order valence-electron chi connectivity index (χ2n) is 7.16. The number of nitrogens with one attached hydrogen (secondary N) is 1. The van der Waals surface area contributed by atoms with Crippen molar-refractivity contribution in [3.8, 4) is 0 Å². The molecule has 0 unspecified atom stereocenters. The van der Waals surface area contributed by atoms with Crippen LogP contribution in [0.2, 0.25) is 0 Å². The van der Waals surface area contributed by atoms with E-state index in [-0.39, 0.29) is 11.8 Å². The summed E-state index contributed by atoms with van der Waals surface area (Å²) in [5, 5.41) is 3.30. The quantitative estimate of drug-likeness (QED) is 0.902. The average Bonchev–Trinajstić information content (AvgIpc) is 2.68. The van der Waals surface area contributed by atoms with Crippen LogP contribution in [0.5, 0.6) is 0 Å². The molecular formula is C21H26N4O2. The number of nitrogens with zero attached hydrogens (tertiary/aromatic N) is 3. The van der Waals surface area contributed by atoms with E-state index in [9.17, 15) is 9.59 Å². The summed E-state index contributed by atoms with van der Waals surface area (Å²) in [5.41, 5.74) is 3.57. The van der Waals surface area contributed by atoms with Gasteiger partial charge in [-0.1, -0.05) is 26.0 Å². The number of carbonyl (C=O) groups excluding carboxylic acids is 2. The zero-order valence-corrected chi connectivity index (χ0v) is 16.1. The Hall–Kier alpha value is -2.89. The second-order valence-corrected chi connectivity index (χ2v) is 7.16. The van der Waals surface area contributed by atoms with Gasteiger partial charge in [0.2, 0.25) is 5.91 Å². The van der Waals surface area contributed by atoms with Gasteiger partial charge in [0, 0.05) is 45.0 Å². The number of piperazine rings is 1. The molecule has 0 spiro atoms. The minimum atomic E-state index is -0.0514. The molecule has 2 aromatic rings. The van der Waals surface area contributed by atoms with Gasteiger partial charge in [0.25, 0.3) is 5.91 Å². The Bertz CT molecular complexity index is 809. The summed E-state index contributed by atoms with van der Waals surface area (Å²) in [6.07, 6.45) is 3.30. The van der Waals surface area contributed by atoms with E-state index in [1.165, 1.54) is 5.56 Å². The Kier molecular flexibility index (Phi) is 5.74. The Morgan fingerprint density at radius 2 is 1.59 bits per heavy atom. The Balaban J connectivity index is 1.66. The topological polar surface area (TPSA) is 65.5 Å². The first-order valence-corrected chi connectivity index (χ1v) is 9.31. The summed E-state index contributed by atoms with van der Waals surface area (Å²) >= 11 is 0. The molecule has 142 valence electrons. The van der Waals surface area contributed by atoms with E-state index >= 15 is 0 Å². The lowest BCUT2D eigenvalue weighted by Crippen LogP contribution is -2.50. The van der Waals surface area contributed by atoms with Gasteiger partial charge in [-0.15, -0.1) is 0 Å². The van der Waals surface area contributed by atoms with Crippen LogP contribution in [-0.2, 0) is 4.79 Å². The van der Waals surface area contributed by atoms with Crippen LogP contribution in [0.4, 0.5) is 11.4 Å². The minimum absolute atomic E-state index is 0.0514. The molecule has 1 aromatic heterocycles. The van der Waals surface area contributed by atoms with E-state index in [1.807, 2.05) is 18.2 Å². The fraction of sp³-hybridized carbons (Fsp3) is 0.381. The number of rotatable bonds is 4. The van der Waals surface area contributed by atoms with Gasteiger partial charge in [0.1, 0.15) is 0 Å². The van der Waals surface area contributed by atoms with Gasteiger partial charge in [-0.2, -0.15) is 0 Å². The largest absolute Gasteiger partial charge is 0.354 e. The highest BCUT2D eigenvalue weighted by Crippen LogP contribution is 2.21. The molecule has 1 aromatic carbocycles. The third kappa shape index (κ3) is 4.64. The molecule has 27 heavy (non-hydrogen) atoms. The molecule has 1 N–H and O–H groups in total. The lowest BCUT2D eigenvalue weighted by atomic mass is 10.0. The fourth-order valence-corrected chi connectivity index (χ4v) is 3.15. The molecule has 0 aliphatic carbocycles. The molecule has 1 aliphatic heterocycles. The van der Waals surface area contributed by atoms with Crippen LogP contribution >= 0.6 is 0 Å². The number of carbonyl (C=O) groups is 2. The first-order chi connectivity index (χ1) is 12.9. The second kappa shape index (κ2) is 8.20. The SMILES string of the molecule is CC(=O)N1CCN(C(=O)c2cncc(Nc3ccc(C(C)C)cc3)c2)CC1. The van der Waals surface area contributed by atoms with Crippen molar-refractivity contribution in [3.63, 3.8) is 0 Å². The fourth-order valence-electron chi connectivity index (χ4n) is 3.15. The van der Waals surface area contributed by atoms with Crippen molar-refractivity contribution in [2.45, 2.75) is 26.7 Å². The Morgan fingerprint density at radius 3 is 2.19 bits per heavy atom. The number of anilines is 2. The molecule has 1 saturated heterocycles. The van der Waals surface area contributed by atoms with Crippen LogP contribution in [-0.4, -0.2) is 52.8 Å². The van der Waals surface area contributed by atoms with Crippen LogP contribution in [0.15, 0.2) is 42.7 Å². The molecule has 1 aliphatic rings. The lowest BCUT2D eigenvalue weighted by Gasteiger charge is -2.34. The summed E-state index contributed by atoms with van der Waals surface area (Å²) in [6, 6.07) is 10.1. The van der Waals surface area contributed by atoms with Crippen molar-refractivity contribution in [3.05, 3.63) is 53.9 Å². The summed E-state index contributed by atoms with van der Waals surface area (Å²) in [5.74, 6) is 0.494. The third-order valence-corrected chi connectivity index (χ3v) is 4.86. The first kappa shape index (κ1) is 18.9. The smallest absolute Gasteiger partial charge is 0.255 e. The predicted molar refractivity (Wildman–Crippen MR) is 106 cm³/mol. The van der Waals surface area contributed by atoms with Crippen LogP contribution < -0.4 is 5.32 Å². The summed E-state index contributed by atoms with van der Waals surface area (Å²) in [6.45, 7) is 8.14. The molecule has 0 radical (unpaired) electrons. The summed E-state index contributed by atoms with van der Waals surface area (Å²) in [7, 11) is 0. The molecule has 6 heteroatoms. The normalized spacial score (nSPS) is 14.4. The highest BCUT2D eigenvalue weighted by atomic mass is 16.2. The molecule has 2 heterocycles. The van der Waals surface area contributed by atoms with Gasteiger partial charge < -0.3 is 15.1 Å². The molecule has 0 saturated carbocycles. The highest BCUT2D eigenvalue weighted by Gasteiger charge is 2.23. The van der Waals surface area contributed by atoms with Gasteiger partial charge in [-0.05, 0) is 29.7 Å². The first-order valence-electron chi connectivity index (χ1n) is 9.31. The van der Waals surface area contributed by atoms with E-state index < -0.39 is 0 Å². The van der Waals surface area contributed by atoms with Gasteiger partial charge >= 0.3 is 0 Å². The number of hydrogen-bond donors (Lipinski definition) is 1. The van der Waals surface area contributed by atoms with E-state index in [0.717, 1.165) is 11.4 Å². The van der Waals surface area contributed by atoms with Crippen molar-refractivity contribution >= 4 is 23.2 Å². The van der Waals surface area contributed by atoms with Crippen LogP contribution in [0.1, 0.15) is 42.6 Å². The maximum Gasteiger partial charge on any atom is 0.255 e. The molecule has 1 fully saturated rings. The number of aromatic nitrogens is 1. The number of pyridine rings is 1. The third-order valence-electron chi connectivity index (χ3n) is 4.86. The molecular weight excluding hydrogens is 340 g/mol. The van der Waals surface area contributed by atoms with E-state index in [4.69, 9.17) is 0 Å². The number of benzene rings is 1. The van der Waals surface area contributed by atoms with E-state index in [2.05, 4.69) is 36.3 Å². The maximum atomic E-state index is 12.8. The van der Waals surface area contributed by atoms with Crippen LogP contribution in [0.25, 0.3) is 0 Å². The van der Waals surface area contributed by atoms with Crippen molar-refractivity contribution in [1.29, 1.82) is 0 Å². The van der Waals surface area contributed by atoms with Crippen molar-refractivity contribution in [2.24, 2.45) is 0 Å². The van der Waals surface area contributed by atoms with Crippen molar-refractivity contribution in [2.75, 3.05) is 31.5 Å². The average molecular weight is 366 g/mol. The number of amides is 2. The molecule has 6 nitrogen and oxygen atoms in total. The van der Waals surface area contributed by atoms with Crippen molar-refractivity contribution < 1.29 is 9.59 Å². The van der Waals surface area contributed by atoms with Crippen LogP contribution in [0, 0.1) is 0 Å². The molecule has 2 amide bonds. The zero-order valence-electron chi connectivity index (χ0n) is 16.1. The lowest BCUT2D eigenvalue weighted by molar-refractivity contribution is -0.130. The standard InChI is InChI=1S/C21H26N4O2/c1-15(2)17-4-6-19(7-5-17)23-20-12-18(13-22-14-20)21(27)25-10-8-24(9-11-25)16(3)26/h4-7,12-15,23H,8-11H2,1-3H3. The van der Waals surface area contributed by atoms with Crippen molar-refractivity contribution in [1.82, 2.24) is 14.8 Å². The number of hydrogen-bond acceptors (Lipinski definition) is 4. The van der Waals surface area contributed by atoms with Gasteiger partial charge in [0.15, 0.2) is 0 Å². The predicted octanol–water partition coefficient (Wildman–Crippen LogP) is 3.25. The monoisotopic (exact) mass is 366 g/mol.